The first-order valence-corrected chi connectivity index (χ1v) is 7.63. The second-order valence-electron chi connectivity index (χ2n) is 6.11. The summed E-state index contributed by atoms with van der Waals surface area (Å²) in [6.07, 6.45) is 4.42. The van der Waals surface area contributed by atoms with Crippen LogP contribution in [0.5, 0.6) is 5.75 Å². The van der Waals surface area contributed by atoms with Gasteiger partial charge in [0.15, 0.2) is 0 Å². The second kappa shape index (κ2) is 8.47. The molecule has 22 heavy (non-hydrogen) atoms. The molecule has 0 aliphatic heterocycles. The van der Waals surface area contributed by atoms with Gasteiger partial charge in [-0.15, -0.1) is 6.58 Å². The number of ether oxygens (including phenoxy) is 2. The highest BCUT2D eigenvalue weighted by molar-refractivity contribution is 5.87. The highest BCUT2D eigenvalue weighted by Crippen LogP contribution is 2.22. The quantitative estimate of drug-likeness (QED) is 0.537. The zero-order valence-electron chi connectivity index (χ0n) is 14.1. The summed E-state index contributed by atoms with van der Waals surface area (Å²) in [4.78, 5) is 14.1. The molecule has 1 amide bonds. The van der Waals surface area contributed by atoms with E-state index in [1.165, 1.54) is 0 Å². The first-order chi connectivity index (χ1) is 10.4. The van der Waals surface area contributed by atoms with E-state index in [4.69, 9.17) is 9.47 Å². The molecule has 0 saturated heterocycles. The monoisotopic (exact) mass is 305 g/mol. The highest BCUT2D eigenvalue weighted by Gasteiger charge is 2.23. The third-order valence-corrected chi connectivity index (χ3v) is 3.04. The van der Waals surface area contributed by atoms with Crippen LogP contribution in [0.25, 0.3) is 0 Å². The van der Waals surface area contributed by atoms with Gasteiger partial charge in [-0.1, -0.05) is 6.08 Å². The van der Waals surface area contributed by atoms with Gasteiger partial charge in [0.25, 0.3) is 0 Å². The number of anilines is 1. The van der Waals surface area contributed by atoms with E-state index in [2.05, 4.69) is 6.58 Å². The first kappa shape index (κ1) is 18.1. The molecular weight excluding hydrogens is 278 g/mol. The molecule has 0 aliphatic carbocycles. The topological polar surface area (TPSA) is 38.8 Å². The fourth-order valence-corrected chi connectivity index (χ4v) is 1.96. The number of carbonyl (C=O) groups excluding carboxylic acids is 1. The molecule has 0 bridgehead atoms. The first-order valence-electron chi connectivity index (χ1n) is 7.63. The molecular formula is C18H27NO3. The fraction of sp³-hybridized carbons (Fsp3) is 0.500. The number of hydrogen-bond acceptors (Lipinski definition) is 3. The van der Waals surface area contributed by atoms with E-state index in [1.807, 2.05) is 51.1 Å². The largest absolute Gasteiger partial charge is 0.497 e. The van der Waals surface area contributed by atoms with Crippen LogP contribution in [0.4, 0.5) is 10.5 Å². The van der Waals surface area contributed by atoms with Crippen molar-refractivity contribution in [1.29, 1.82) is 0 Å². The summed E-state index contributed by atoms with van der Waals surface area (Å²) < 4.78 is 10.7. The Balaban J connectivity index is 2.83. The lowest BCUT2D eigenvalue weighted by Crippen LogP contribution is -2.37. The maximum atomic E-state index is 12.4. The number of nitrogens with zero attached hydrogens (tertiary/aromatic N) is 1. The van der Waals surface area contributed by atoms with Gasteiger partial charge in [0, 0.05) is 12.2 Å². The van der Waals surface area contributed by atoms with Gasteiger partial charge in [0.1, 0.15) is 11.4 Å². The number of hydrogen-bond donors (Lipinski definition) is 0. The Bertz CT molecular complexity index is 474. The average molecular weight is 305 g/mol. The van der Waals surface area contributed by atoms with Crippen molar-refractivity contribution in [2.45, 2.75) is 45.6 Å². The number of rotatable bonds is 7. The maximum absolute atomic E-state index is 12.4. The third-order valence-electron chi connectivity index (χ3n) is 3.04. The molecule has 0 fully saturated rings. The van der Waals surface area contributed by atoms with Gasteiger partial charge in [0.05, 0.1) is 7.11 Å². The molecule has 4 nitrogen and oxygen atoms in total. The Morgan fingerprint density at radius 3 is 2.36 bits per heavy atom. The van der Waals surface area contributed by atoms with E-state index >= 15 is 0 Å². The van der Waals surface area contributed by atoms with Crippen LogP contribution in [0.15, 0.2) is 36.9 Å². The molecule has 0 N–H and O–H groups in total. The van der Waals surface area contributed by atoms with E-state index in [9.17, 15) is 4.79 Å². The van der Waals surface area contributed by atoms with Crippen LogP contribution in [-0.2, 0) is 4.74 Å². The smallest absolute Gasteiger partial charge is 0.414 e. The summed E-state index contributed by atoms with van der Waals surface area (Å²) >= 11 is 0. The highest BCUT2D eigenvalue weighted by atomic mass is 16.6. The van der Waals surface area contributed by atoms with Crippen molar-refractivity contribution in [3.8, 4) is 5.75 Å². The van der Waals surface area contributed by atoms with E-state index < -0.39 is 5.60 Å². The van der Waals surface area contributed by atoms with Crippen LogP contribution in [0.3, 0.4) is 0 Å². The van der Waals surface area contributed by atoms with Crippen molar-refractivity contribution in [2.24, 2.45) is 0 Å². The summed E-state index contributed by atoms with van der Waals surface area (Å²) in [6, 6.07) is 7.43. The molecule has 4 heteroatoms. The van der Waals surface area contributed by atoms with E-state index in [0.717, 1.165) is 30.7 Å². The lowest BCUT2D eigenvalue weighted by atomic mass is 10.2. The molecule has 0 unspecified atom stereocenters. The minimum absolute atomic E-state index is 0.323. The van der Waals surface area contributed by atoms with Gasteiger partial charge in [-0.2, -0.15) is 0 Å². The van der Waals surface area contributed by atoms with Crippen molar-refractivity contribution < 1.29 is 14.3 Å². The Morgan fingerprint density at radius 2 is 1.86 bits per heavy atom. The lowest BCUT2D eigenvalue weighted by molar-refractivity contribution is 0.0580. The predicted molar refractivity (Wildman–Crippen MR) is 90.6 cm³/mol. The minimum atomic E-state index is -0.511. The van der Waals surface area contributed by atoms with Gasteiger partial charge in [-0.3, -0.25) is 4.90 Å². The van der Waals surface area contributed by atoms with Crippen molar-refractivity contribution >= 4 is 11.8 Å². The summed E-state index contributed by atoms with van der Waals surface area (Å²) in [6.45, 7) is 9.95. The Kier molecular flexibility index (Phi) is 6.96. The number of allylic oxidation sites excluding steroid dienone is 1. The second-order valence-corrected chi connectivity index (χ2v) is 6.11. The molecule has 0 saturated carbocycles. The molecule has 0 atom stereocenters. The number of carbonyl (C=O) groups is 1. The summed E-state index contributed by atoms with van der Waals surface area (Å²) in [7, 11) is 1.62. The minimum Gasteiger partial charge on any atom is -0.497 e. The van der Waals surface area contributed by atoms with Gasteiger partial charge in [-0.05, 0) is 64.3 Å². The normalized spacial score (nSPS) is 10.9. The van der Waals surface area contributed by atoms with Gasteiger partial charge in [-0.25, -0.2) is 4.79 Å². The van der Waals surface area contributed by atoms with Crippen molar-refractivity contribution in [3.63, 3.8) is 0 Å². The molecule has 122 valence electrons. The van der Waals surface area contributed by atoms with E-state index in [1.54, 1.807) is 12.0 Å². The Morgan fingerprint density at radius 1 is 1.23 bits per heavy atom. The third kappa shape index (κ3) is 6.20. The summed E-state index contributed by atoms with van der Waals surface area (Å²) in [5.74, 6) is 0.763. The Labute approximate surface area is 133 Å². The van der Waals surface area contributed by atoms with Gasteiger partial charge in [0.2, 0.25) is 0 Å². The predicted octanol–water partition coefficient (Wildman–Crippen LogP) is 4.79. The van der Waals surface area contributed by atoms with Gasteiger partial charge >= 0.3 is 6.09 Å². The molecule has 0 radical (unpaired) electrons. The van der Waals surface area contributed by atoms with Crippen molar-refractivity contribution in [2.75, 3.05) is 18.6 Å². The lowest BCUT2D eigenvalue weighted by Gasteiger charge is -2.27. The van der Waals surface area contributed by atoms with Gasteiger partial charge < -0.3 is 9.47 Å². The standard InChI is InChI=1S/C18H27NO3/c1-6-7-8-9-14-19(17(20)22-18(2,3)4)15-10-12-16(21-5)13-11-15/h6,10-13H,1,7-9,14H2,2-5H3. The summed E-state index contributed by atoms with van der Waals surface area (Å²) in [5.41, 5.74) is 0.303. The van der Waals surface area contributed by atoms with Crippen LogP contribution in [0.1, 0.15) is 40.0 Å². The number of benzene rings is 1. The van der Waals surface area contributed by atoms with Crippen LogP contribution < -0.4 is 9.64 Å². The molecule has 0 aromatic heterocycles. The zero-order chi connectivity index (χ0) is 16.6. The maximum Gasteiger partial charge on any atom is 0.414 e. The van der Waals surface area contributed by atoms with E-state index in [-0.39, 0.29) is 6.09 Å². The summed E-state index contributed by atoms with van der Waals surface area (Å²) in [5, 5.41) is 0. The number of unbranched alkanes of at least 4 members (excludes halogenated alkanes) is 2. The van der Waals surface area contributed by atoms with Crippen LogP contribution in [0, 0.1) is 0 Å². The van der Waals surface area contributed by atoms with E-state index in [0.29, 0.717) is 6.54 Å². The van der Waals surface area contributed by atoms with Crippen LogP contribution >= 0.6 is 0 Å². The molecule has 1 aromatic carbocycles. The number of methoxy groups -OCH3 is 1. The van der Waals surface area contributed by atoms with Crippen molar-refractivity contribution in [1.82, 2.24) is 0 Å². The molecule has 0 aliphatic rings. The Hall–Kier alpha value is -1.97. The SMILES string of the molecule is C=CCCCCN(C(=O)OC(C)(C)C)c1ccc(OC)cc1. The zero-order valence-corrected chi connectivity index (χ0v) is 14.1. The fourth-order valence-electron chi connectivity index (χ4n) is 1.96. The molecule has 0 spiro atoms. The van der Waals surface area contributed by atoms with Crippen LogP contribution in [0.2, 0.25) is 0 Å². The van der Waals surface area contributed by atoms with Crippen molar-refractivity contribution in [3.05, 3.63) is 36.9 Å². The molecule has 1 rings (SSSR count). The average Bonchev–Trinajstić information content (AvgIpc) is 2.45. The van der Waals surface area contributed by atoms with Crippen LogP contribution in [-0.4, -0.2) is 25.3 Å². The molecule has 0 heterocycles. The molecule has 1 aromatic rings. The number of amides is 1.